The van der Waals surface area contributed by atoms with E-state index in [-0.39, 0.29) is 17.7 Å². The number of aliphatic imine (C=N–C) groups is 1. The number of alkyl halides is 3. The van der Waals surface area contributed by atoms with Crippen molar-refractivity contribution in [3.8, 4) is 0 Å². The Bertz CT molecular complexity index is 725. The fourth-order valence-electron chi connectivity index (χ4n) is 2.33. The average molecular weight is 342 g/mol. The highest BCUT2D eigenvalue weighted by atomic mass is 19.4. The number of benzene rings is 1. The van der Waals surface area contributed by atoms with E-state index in [1.807, 2.05) is 0 Å². The Labute approximate surface area is 135 Å². The second kappa shape index (κ2) is 6.46. The maximum atomic E-state index is 13.6. The number of halogens is 4. The summed E-state index contributed by atoms with van der Waals surface area (Å²) in [6.07, 6.45) is -2.36. The van der Waals surface area contributed by atoms with E-state index in [0.717, 1.165) is 30.5 Å². The maximum Gasteiger partial charge on any atom is 0.432 e. The number of rotatable bonds is 5. The lowest BCUT2D eigenvalue weighted by Crippen LogP contribution is -2.52. The molecule has 4 nitrogen and oxygen atoms in total. The summed E-state index contributed by atoms with van der Waals surface area (Å²) < 4.78 is 54.2. The molecule has 2 rings (SSSR count). The number of aliphatic carboxylic acids is 1. The summed E-state index contributed by atoms with van der Waals surface area (Å²) in [5.74, 6) is -2.06. The van der Waals surface area contributed by atoms with Crippen LogP contribution in [-0.4, -0.2) is 29.1 Å². The van der Waals surface area contributed by atoms with Gasteiger partial charge in [0.1, 0.15) is 5.82 Å². The Balaban J connectivity index is 2.46. The highest BCUT2D eigenvalue weighted by Crippen LogP contribution is 2.41. The van der Waals surface area contributed by atoms with Crippen molar-refractivity contribution < 1.29 is 27.5 Å². The minimum absolute atomic E-state index is 0.0115. The van der Waals surface area contributed by atoms with Gasteiger partial charge in [0.15, 0.2) is 0 Å². The lowest BCUT2D eigenvalue weighted by Gasteiger charge is -2.36. The molecule has 2 N–H and O–H groups in total. The number of hydrogen-bond acceptors (Lipinski definition) is 3. The van der Waals surface area contributed by atoms with Gasteiger partial charge in [0.2, 0.25) is 5.66 Å². The first-order valence-electron chi connectivity index (χ1n) is 6.90. The molecule has 1 aromatic carbocycles. The third kappa shape index (κ3) is 3.47. The fraction of sp³-hybridized carbons (Fsp3) is 0.250. The van der Waals surface area contributed by atoms with Crippen molar-refractivity contribution >= 4 is 17.9 Å². The molecule has 0 aromatic heterocycles. The molecule has 0 bridgehead atoms. The Kier molecular flexibility index (Phi) is 4.77. The largest absolute Gasteiger partial charge is 0.478 e. The van der Waals surface area contributed by atoms with Crippen molar-refractivity contribution in [2.45, 2.75) is 24.7 Å². The second-order valence-electron chi connectivity index (χ2n) is 5.23. The molecular formula is C16H14F4N2O2. The van der Waals surface area contributed by atoms with Crippen LogP contribution >= 0.6 is 0 Å². The topological polar surface area (TPSA) is 61.7 Å². The van der Waals surface area contributed by atoms with E-state index in [1.165, 1.54) is 6.08 Å². The third-order valence-corrected chi connectivity index (χ3v) is 3.53. The standard InChI is InChI=1S/C16H14F4N2O2/c1-2-3-10-8-12(17)4-5-13(10)22-15(16(18,19)20)9-11(14(23)24)6-7-21-15/h2,4-8,22H,1,3,9H2,(H,23,24). The molecule has 1 atom stereocenters. The third-order valence-electron chi connectivity index (χ3n) is 3.53. The van der Waals surface area contributed by atoms with E-state index in [0.29, 0.717) is 0 Å². The van der Waals surface area contributed by atoms with Crippen LogP contribution < -0.4 is 5.32 Å². The average Bonchev–Trinajstić information content (AvgIpc) is 2.49. The summed E-state index contributed by atoms with van der Waals surface area (Å²) in [6, 6.07) is 3.27. The Morgan fingerprint density at radius 2 is 2.17 bits per heavy atom. The highest BCUT2D eigenvalue weighted by molar-refractivity contribution is 5.93. The molecule has 1 unspecified atom stereocenters. The van der Waals surface area contributed by atoms with Crippen LogP contribution in [0.5, 0.6) is 0 Å². The first-order valence-corrected chi connectivity index (χ1v) is 6.90. The quantitative estimate of drug-likeness (QED) is 0.633. The van der Waals surface area contributed by atoms with Crippen LogP contribution in [0, 0.1) is 5.82 Å². The smallest absolute Gasteiger partial charge is 0.432 e. The minimum atomic E-state index is -4.86. The predicted octanol–water partition coefficient (Wildman–Crippen LogP) is 3.71. The molecule has 0 saturated heterocycles. The van der Waals surface area contributed by atoms with Crippen LogP contribution in [0.1, 0.15) is 12.0 Å². The van der Waals surface area contributed by atoms with Crippen molar-refractivity contribution in [3.05, 3.63) is 53.9 Å². The molecule has 0 radical (unpaired) electrons. The number of anilines is 1. The SMILES string of the molecule is C=CCc1cc(F)ccc1NC1(C(F)(F)F)CC(C(=O)O)=CC=N1. The fourth-order valence-corrected chi connectivity index (χ4v) is 2.33. The van der Waals surface area contributed by atoms with E-state index in [2.05, 4.69) is 16.9 Å². The first-order chi connectivity index (χ1) is 11.2. The van der Waals surface area contributed by atoms with E-state index in [9.17, 15) is 22.4 Å². The molecule has 1 heterocycles. The summed E-state index contributed by atoms with van der Waals surface area (Å²) in [5.41, 5.74) is -2.99. The lowest BCUT2D eigenvalue weighted by atomic mass is 9.95. The molecular weight excluding hydrogens is 328 g/mol. The molecule has 0 spiro atoms. The van der Waals surface area contributed by atoms with Gasteiger partial charge in [-0.15, -0.1) is 6.58 Å². The van der Waals surface area contributed by atoms with Gasteiger partial charge in [-0.1, -0.05) is 6.08 Å². The van der Waals surface area contributed by atoms with Crippen LogP contribution in [-0.2, 0) is 11.2 Å². The van der Waals surface area contributed by atoms with Crippen molar-refractivity contribution in [2.24, 2.45) is 4.99 Å². The number of nitrogens with one attached hydrogen (secondary N) is 1. The van der Waals surface area contributed by atoms with Gasteiger partial charge in [-0.25, -0.2) is 9.18 Å². The van der Waals surface area contributed by atoms with Crippen molar-refractivity contribution in [3.63, 3.8) is 0 Å². The number of allylic oxidation sites excluding steroid dienone is 2. The number of nitrogens with zero attached hydrogens (tertiary/aromatic N) is 1. The van der Waals surface area contributed by atoms with Gasteiger partial charge < -0.3 is 10.4 Å². The summed E-state index contributed by atoms with van der Waals surface area (Å²) in [5, 5.41) is 11.2. The van der Waals surface area contributed by atoms with Crippen LogP contribution in [0.15, 0.2) is 47.5 Å². The highest BCUT2D eigenvalue weighted by Gasteiger charge is 2.56. The zero-order chi connectivity index (χ0) is 18.0. The van der Waals surface area contributed by atoms with Crippen LogP contribution in [0.4, 0.5) is 23.2 Å². The Hall–Kier alpha value is -2.64. The molecule has 0 amide bonds. The van der Waals surface area contributed by atoms with Crippen LogP contribution in [0.2, 0.25) is 0 Å². The maximum absolute atomic E-state index is 13.6. The van der Waals surface area contributed by atoms with Gasteiger partial charge in [-0.05, 0) is 36.3 Å². The molecule has 1 aromatic rings. The summed E-state index contributed by atoms with van der Waals surface area (Å²) >= 11 is 0. The molecule has 8 heteroatoms. The Morgan fingerprint density at radius 3 is 2.75 bits per heavy atom. The van der Waals surface area contributed by atoms with Gasteiger partial charge in [0.05, 0.1) is 0 Å². The number of dihydropyridines is 1. The van der Waals surface area contributed by atoms with E-state index >= 15 is 0 Å². The van der Waals surface area contributed by atoms with Gasteiger partial charge >= 0.3 is 12.1 Å². The van der Waals surface area contributed by atoms with Crippen molar-refractivity contribution in [1.29, 1.82) is 0 Å². The molecule has 24 heavy (non-hydrogen) atoms. The minimum Gasteiger partial charge on any atom is -0.478 e. The van der Waals surface area contributed by atoms with Gasteiger partial charge in [-0.2, -0.15) is 13.2 Å². The normalized spacial score (nSPS) is 20.4. The number of hydrogen-bond donors (Lipinski definition) is 2. The molecule has 0 aliphatic carbocycles. The summed E-state index contributed by atoms with van der Waals surface area (Å²) in [6.45, 7) is 3.49. The summed E-state index contributed by atoms with van der Waals surface area (Å²) in [7, 11) is 0. The zero-order valence-electron chi connectivity index (χ0n) is 12.4. The predicted molar refractivity (Wildman–Crippen MR) is 81.5 cm³/mol. The van der Waals surface area contributed by atoms with Crippen molar-refractivity contribution in [1.82, 2.24) is 0 Å². The van der Waals surface area contributed by atoms with Crippen LogP contribution in [0.25, 0.3) is 0 Å². The number of carboxylic acids is 1. The molecule has 1 aliphatic rings. The molecule has 1 aliphatic heterocycles. The lowest BCUT2D eigenvalue weighted by molar-refractivity contribution is -0.176. The van der Waals surface area contributed by atoms with E-state index in [4.69, 9.17) is 5.11 Å². The van der Waals surface area contributed by atoms with E-state index < -0.39 is 35.6 Å². The zero-order valence-corrected chi connectivity index (χ0v) is 12.4. The second-order valence-corrected chi connectivity index (χ2v) is 5.23. The van der Waals surface area contributed by atoms with Gasteiger partial charge in [0.25, 0.3) is 0 Å². The molecule has 0 saturated carbocycles. The monoisotopic (exact) mass is 342 g/mol. The Morgan fingerprint density at radius 1 is 1.46 bits per heavy atom. The number of carbonyl (C=O) groups is 1. The summed E-state index contributed by atoms with van der Waals surface area (Å²) in [4.78, 5) is 14.5. The van der Waals surface area contributed by atoms with Gasteiger partial charge in [0, 0.05) is 23.9 Å². The van der Waals surface area contributed by atoms with Crippen LogP contribution in [0.3, 0.4) is 0 Å². The van der Waals surface area contributed by atoms with Crippen molar-refractivity contribution in [2.75, 3.05) is 5.32 Å². The molecule has 128 valence electrons. The molecule has 0 fully saturated rings. The first kappa shape index (κ1) is 17.7. The van der Waals surface area contributed by atoms with Gasteiger partial charge in [-0.3, -0.25) is 4.99 Å². The number of carboxylic acid groups (broad SMARTS) is 1. The van der Waals surface area contributed by atoms with E-state index in [1.54, 1.807) is 0 Å².